The van der Waals surface area contributed by atoms with Gasteiger partial charge in [0.25, 0.3) is 5.91 Å². The number of hydrogen-bond acceptors (Lipinski definition) is 5. The lowest BCUT2D eigenvalue weighted by molar-refractivity contribution is -0.136. The minimum Gasteiger partial charge on any atom is -0.489 e. The summed E-state index contributed by atoms with van der Waals surface area (Å²) in [4.78, 5) is 26.0. The summed E-state index contributed by atoms with van der Waals surface area (Å²) >= 11 is 0. The summed E-state index contributed by atoms with van der Waals surface area (Å²) in [6, 6.07) is 15.1. The van der Waals surface area contributed by atoms with E-state index < -0.39 is 17.7 Å². The first-order chi connectivity index (χ1) is 16.7. The zero-order valence-corrected chi connectivity index (χ0v) is 19.8. The number of carboxylic acid groups (broad SMARTS) is 1. The molecule has 2 N–H and O–H groups in total. The molecule has 3 aromatic rings. The molecule has 1 atom stereocenters. The van der Waals surface area contributed by atoms with Gasteiger partial charge in [-0.3, -0.25) is 9.59 Å². The van der Waals surface area contributed by atoms with Crippen LogP contribution < -0.4 is 19.7 Å². The van der Waals surface area contributed by atoms with Crippen molar-refractivity contribution in [2.24, 2.45) is 0 Å². The summed E-state index contributed by atoms with van der Waals surface area (Å²) < 4.78 is 26.3. The van der Waals surface area contributed by atoms with E-state index in [0.29, 0.717) is 35.6 Å². The Morgan fingerprint density at radius 3 is 2.69 bits per heavy atom. The van der Waals surface area contributed by atoms with E-state index >= 15 is 0 Å². The van der Waals surface area contributed by atoms with Gasteiger partial charge >= 0.3 is 5.97 Å². The Kier molecular flexibility index (Phi) is 6.91. The van der Waals surface area contributed by atoms with Crippen LogP contribution in [-0.4, -0.2) is 43.3 Å². The van der Waals surface area contributed by atoms with E-state index in [1.54, 1.807) is 19.1 Å². The number of carbonyl (C=O) groups excluding carboxylic acids is 1. The number of rotatable bonds is 7. The lowest BCUT2D eigenvalue weighted by Gasteiger charge is -2.33. The minimum atomic E-state index is -1.04. The lowest BCUT2D eigenvalue weighted by Crippen LogP contribution is -2.41. The van der Waals surface area contributed by atoms with Crippen molar-refractivity contribution in [2.45, 2.75) is 26.4 Å². The van der Waals surface area contributed by atoms with Gasteiger partial charge in [-0.1, -0.05) is 18.2 Å². The van der Waals surface area contributed by atoms with E-state index in [0.717, 1.165) is 23.1 Å². The van der Waals surface area contributed by atoms with Crippen molar-refractivity contribution in [3.8, 4) is 11.5 Å². The van der Waals surface area contributed by atoms with Crippen LogP contribution in [0.5, 0.6) is 11.5 Å². The molecule has 1 amide bonds. The fraction of sp³-hybridized carbons (Fsp3) is 0.259. The first-order valence-corrected chi connectivity index (χ1v) is 11.2. The largest absolute Gasteiger partial charge is 0.489 e. The first kappa shape index (κ1) is 24.1. The number of benzene rings is 3. The molecule has 8 heteroatoms. The smallest absolute Gasteiger partial charge is 0.307 e. The van der Waals surface area contributed by atoms with Gasteiger partial charge in [0.15, 0.2) is 0 Å². The van der Waals surface area contributed by atoms with Crippen LogP contribution in [0.25, 0.3) is 0 Å². The number of fused-ring (bicyclic) bond motifs is 1. The molecule has 0 aliphatic carbocycles. The van der Waals surface area contributed by atoms with Gasteiger partial charge in [0.2, 0.25) is 0 Å². The van der Waals surface area contributed by atoms with Crippen molar-refractivity contribution in [3.63, 3.8) is 0 Å². The quantitative estimate of drug-likeness (QED) is 0.516. The van der Waals surface area contributed by atoms with E-state index in [1.165, 1.54) is 12.1 Å². The molecule has 35 heavy (non-hydrogen) atoms. The Balaban J connectivity index is 1.44. The maximum absolute atomic E-state index is 14.2. The van der Waals surface area contributed by atoms with E-state index in [-0.39, 0.29) is 18.2 Å². The SMILES string of the molecule is Cc1c(OC[C@@H]2CN(C)c3ccccc3O2)ccc(C(=O)Nc2cc(CC(=O)O)ccc2F)c1C. The Hall–Kier alpha value is -4.07. The van der Waals surface area contributed by atoms with Crippen LogP contribution in [0.15, 0.2) is 54.6 Å². The van der Waals surface area contributed by atoms with E-state index in [1.807, 2.05) is 38.2 Å². The van der Waals surface area contributed by atoms with Crippen LogP contribution in [0.1, 0.15) is 27.0 Å². The van der Waals surface area contributed by atoms with Crippen LogP contribution in [-0.2, 0) is 11.2 Å². The second kappa shape index (κ2) is 10.0. The average Bonchev–Trinajstić information content (AvgIpc) is 2.82. The second-order valence-corrected chi connectivity index (χ2v) is 8.60. The standard InChI is InChI=1S/C27H27FN2O5/c1-16-17(2)24(34-15-19-14-30(3)23-6-4-5-7-25(23)35-19)11-9-20(16)27(33)29-22-12-18(13-26(31)32)8-10-21(22)28/h4-12,19H,13-15H2,1-3H3,(H,29,33)(H,31,32)/t19-/m0/s1. The number of nitrogens with one attached hydrogen (secondary N) is 1. The summed E-state index contributed by atoms with van der Waals surface area (Å²) in [7, 11) is 2.01. The van der Waals surface area contributed by atoms with E-state index in [2.05, 4.69) is 10.2 Å². The summed E-state index contributed by atoms with van der Waals surface area (Å²) in [6.45, 7) is 4.68. The molecule has 1 aliphatic rings. The van der Waals surface area contributed by atoms with Crippen molar-refractivity contribution in [2.75, 3.05) is 30.4 Å². The Bertz CT molecular complexity index is 1280. The first-order valence-electron chi connectivity index (χ1n) is 11.2. The van der Waals surface area contributed by atoms with Crippen molar-refractivity contribution in [1.29, 1.82) is 0 Å². The maximum atomic E-state index is 14.2. The van der Waals surface area contributed by atoms with E-state index in [4.69, 9.17) is 14.6 Å². The normalized spacial score (nSPS) is 14.6. The molecule has 4 rings (SSSR count). The van der Waals surface area contributed by atoms with Crippen LogP contribution in [0.4, 0.5) is 15.8 Å². The van der Waals surface area contributed by atoms with Crippen molar-refractivity contribution in [3.05, 3.63) is 82.7 Å². The highest BCUT2D eigenvalue weighted by molar-refractivity contribution is 6.05. The molecule has 0 saturated heterocycles. The number of nitrogens with zero attached hydrogens (tertiary/aromatic N) is 1. The maximum Gasteiger partial charge on any atom is 0.307 e. The molecule has 7 nitrogen and oxygen atoms in total. The highest BCUT2D eigenvalue weighted by Crippen LogP contribution is 2.32. The summed E-state index contributed by atoms with van der Waals surface area (Å²) in [5.74, 6) is -0.711. The number of hydrogen-bond donors (Lipinski definition) is 2. The molecule has 0 saturated carbocycles. The Morgan fingerprint density at radius 2 is 1.91 bits per heavy atom. The van der Waals surface area contributed by atoms with Crippen molar-refractivity contribution in [1.82, 2.24) is 0 Å². The topological polar surface area (TPSA) is 88.1 Å². The van der Waals surface area contributed by atoms with Gasteiger partial charge in [0.05, 0.1) is 24.3 Å². The number of carbonyl (C=O) groups is 2. The predicted octanol–water partition coefficient (Wildman–Crippen LogP) is 4.60. The number of aliphatic carboxylic acids is 1. The molecular weight excluding hydrogens is 451 g/mol. The van der Waals surface area contributed by atoms with E-state index in [9.17, 15) is 14.0 Å². The molecule has 1 heterocycles. The molecular formula is C27H27FN2O5. The lowest BCUT2D eigenvalue weighted by atomic mass is 10.0. The highest BCUT2D eigenvalue weighted by atomic mass is 19.1. The molecule has 1 aliphatic heterocycles. The van der Waals surface area contributed by atoms with Gasteiger partial charge in [0, 0.05) is 12.6 Å². The van der Waals surface area contributed by atoms with Crippen LogP contribution in [0, 0.1) is 19.7 Å². The highest BCUT2D eigenvalue weighted by Gasteiger charge is 2.24. The number of ether oxygens (including phenoxy) is 2. The Morgan fingerprint density at radius 1 is 1.14 bits per heavy atom. The molecule has 0 fully saturated rings. The monoisotopic (exact) mass is 478 g/mol. The third-order valence-electron chi connectivity index (χ3n) is 6.09. The fourth-order valence-corrected chi connectivity index (χ4v) is 4.10. The van der Waals surface area contributed by atoms with Gasteiger partial charge in [-0.2, -0.15) is 0 Å². The molecule has 3 aromatic carbocycles. The summed E-state index contributed by atoms with van der Waals surface area (Å²) in [5, 5.41) is 11.5. The number of para-hydroxylation sites is 2. The van der Waals surface area contributed by atoms with Gasteiger partial charge in [0.1, 0.15) is 30.0 Å². The molecule has 0 unspecified atom stereocenters. The zero-order valence-electron chi connectivity index (χ0n) is 19.8. The van der Waals surface area contributed by atoms with Crippen molar-refractivity contribution >= 4 is 23.3 Å². The number of anilines is 2. The predicted molar refractivity (Wildman–Crippen MR) is 131 cm³/mol. The number of likely N-dealkylation sites (N-methyl/N-ethyl adjacent to an activating group) is 1. The van der Waals surface area contributed by atoms with Gasteiger partial charge in [-0.05, 0) is 66.9 Å². The van der Waals surface area contributed by atoms with Gasteiger partial charge in [-0.15, -0.1) is 0 Å². The van der Waals surface area contributed by atoms with Gasteiger partial charge < -0.3 is 24.8 Å². The third kappa shape index (κ3) is 5.37. The van der Waals surface area contributed by atoms with Crippen LogP contribution in [0.3, 0.4) is 0 Å². The second-order valence-electron chi connectivity index (χ2n) is 8.60. The molecule has 0 aromatic heterocycles. The molecule has 0 spiro atoms. The zero-order chi connectivity index (χ0) is 25.1. The van der Waals surface area contributed by atoms with Crippen molar-refractivity contribution < 1.29 is 28.6 Å². The van der Waals surface area contributed by atoms with Crippen LogP contribution in [0.2, 0.25) is 0 Å². The van der Waals surface area contributed by atoms with Crippen LogP contribution >= 0.6 is 0 Å². The number of halogens is 1. The summed E-state index contributed by atoms with van der Waals surface area (Å²) in [5.41, 5.74) is 3.24. The number of amides is 1. The summed E-state index contributed by atoms with van der Waals surface area (Å²) in [6.07, 6.45) is -0.419. The fourth-order valence-electron chi connectivity index (χ4n) is 4.10. The molecule has 0 bridgehead atoms. The minimum absolute atomic E-state index is 0.0648. The molecule has 0 radical (unpaired) electrons. The number of carboxylic acids is 1. The van der Waals surface area contributed by atoms with Gasteiger partial charge in [-0.25, -0.2) is 4.39 Å². The third-order valence-corrected chi connectivity index (χ3v) is 6.09. The Labute approximate surface area is 203 Å². The molecule has 182 valence electrons. The average molecular weight is 479 g/mol.